The van der Waals surface area contributed by atoms with Gasteiger partial charge in [0.15, 0.2) is 0 Å². The molecule has 0 N–H and O–H groups in total. The maximum Gasteiger partial charge on any atom is 0.137 e. The van der Waals surface area contributed by atoms with Crippen LogP contribution < -0.4 is 4.90 Å². The number of benzene rings is 9. The Morgan fingerprint density at radius 2 is 0.875 bits per heavy atom. The van der Waals surface area contributed by atoms with E-state index in [9.17, 15) is 0 Å². The van der Waals surface area contributed by atoms with Crippen LogP contribution in [0.3, 0.4) is 0 Å². The highest BCUT2D eigenvalue weighted by molar-refractivity contribution is 6.21. The van der Waals surface area contributed by atoms with Crippen LogP contribution in [0.5, 0.6) is 0 Å². The molecule has 0 saturated carbocycles. The first kappa shape index (κ1) is 30.9. The van der Waals surface area contributed by atoms with Gasteiger partial charge in [0.05, 0.1) is 22.1 Å². The molecule has 4 nitrogen and oxygen atoms in total. The van der Waals surface area contributed by atoms with E-state index in [4.69, 9.17) is 4.42 Å². The molecule has 9 aromatic carbocycles. The van der Waals surface area contributed by atoms with Gasteiger partial charge in [-0.2, -0.15) is 0 Å². The monoisotopic (exact) mass is 715 g/mol. The third-order valence-electron chi connectivity index (χ3n) is 11.5. The second kappa shape index (κ2) is 12.0. The summed E-state index contributed by atoms with van der Waals surface area (Å²) in [6.07, 6.45) is 0. The molecule has 4 heteroatoms. The lowest BCUT2D eigenvalue weighted by molar-refractivity contribution is 0.669. The standard InChI is InChI=1S/C52H33N3O/c1-2-13-35(14-3-1)54-46-19-9-6-16-41(46)45-32-38(28-31-48(45)54)53(39-27-29-43-42-17-8-11-21-50(42)56-51(43)33-39)36-23-25-37(26-24-36)55-47-20-10-7-18-44(47)52-40-15-5-4-12-34(40)22-30-49(52)55/h1-33H. The zero-order chi connectivity index (χ0) is 36.7. The molecule has 0 aliphatic heterocycles. The molecule has 0 fully saturated rings. The van der Waals surface area contributed by atoms with Crippen LogP contribution in [0.15, 0.2) is 205 Å². The van der Waals surface area contributed by atoms with Gasteiger partial charge in [-0.1, -0.05) is 103 Å². The number of anilines is 3. The van der Waals surface area contributed by atoms with Crippen molar-refractivity contribution >= 4 is 93.4 Å². The van der Waals surface area contributed by atoms with E-state index in [2.05, 4.69) is 202 Å². The summed E-state index contributed by atoms with van der Waals surface area (Å²) >= 11 is 0. The van der Waals surface area contributed by atoms with Crippen LogP contribution in [0.1, 0.15) is 0 Å². The van der Waals surface area contributed by atoms with Gasteiger partial charge in [0.1, 0.15) is 11.2 Å². The van der Waals surface area contributed by atoms with E-state index >= 15 is 0 Å². The summed E-state index contributed by atoms with van der Waals surface area (Å²) in [6.45, 7) is 0. The maximum atomic E-state index is 6.44. The average molecular weight is 716 g/mol. The van der Waals surface area contributed by atoms with E-state index in [1.165, 1.54) is 54.4 Å². The molecule has 3 aromatic heterocycles. The topological polar surface area (TPSA) is 26.2 Å². The lowest BCUT2D eigenvalue weighted by Crippen LogP contribution is -2.10. The SMILES string of the molecule is c1ccc(-n2c3ccccc3c3cc(N(c4ccc(-n5c6ccccc6c6c7ccccc7ccc65)cc4)c4ccc5c(c4)oc4ccccc45)ccc32)cc1. The molecule has 12 aromatic rings. The van der Waals surface area contributed by atoms with Crippen LogP contribution >= 0.6 is 0 Å². The van der Waals surface area contributed by atoms with Crippen LogP contribution in [0, 0.1) is 0 Å². The molecule has 3 heterocycles. The first-order valence-electron chi connectivity index (χ1n) is 19.1. The van der Waals surface area contributed by atoms with Gasteiger partial charge in [0.2, 0.25) is 0 Å². The van der Waals surface area contributed by atoms with E-state index in [-0.39, 0.29) is 0 Å². The summed E-state index contributed by atoms with van der Waals surface area (Å²) in [5.74, 6) is 0. The van der Waals surface area contributed by atoms with Gasteiger partial charge < -0.3 is 18.5 Å². The zero-order valence-electron chi connectivity index (χ0n) is 30.3. The summed E-state index contributed by atoms with van der Waals surface area (Å²) in [5.41, 5.74) is 11.9. The summed E-state index contributed by atoms with van der Waals surface area (Å²) in [5, 5.41) is 9.71. The minimum atomic E-state index is 0.865. The van der Waals surface area contributed by atoms with Gasteiger partial charge in [0, 0.05) is 66.8 Å². The van der Waals surface area contributed by atoms with E-state index in [0.29, 0.717) is 0 Å². The van der Waals surface area contributed by atoms with Crippen molar-refractivity contribution in [1.29, 1.82) is 0 Å². The molecule has 0 radical (unpaired) electrons. The number of hydrogen-bond acceptors (Lipinski definition) is 2. The van der Waals surface area contributed by atoms with E-state index in [1.54, 1.807) is 0 Å². The van der Waals surface area contributed by atoms with Crippen LogP contribution in [-0.4, -0.2) is 9.13 Å². The molecular weight excluding hydrogens is 683 g/mol. The predicted molar refractivity (Wildman–Crippen MR) is 235 cm³/mol. The van der Waals surface area contributed by atoms with Crippen LogP contribution in [0.25, 0.3) is 87.7 Å². The fourth-order valence-corrected chi connectivity index (χ4v) is 9.02. The number of nitrogens with zero attached hydrogens (tertiary/aromatic N) is 3. The van der Waals surface area contributed by atoms with Crippen molar-refractivity contribution in [2.24, 2.45) is 0 Å². The lowest BCUT2D eigenvalue weighted by atomic mass is 10.0. The highest BCUT2D eigenvalue weighted by Crippen LogP contribution is 2.43. The fraction of sp³-hybridized carbons (Fsp3) is 0. The van der Waals surface area contributed by atoms with Crippen molar-refractivity contribution in [2.75, 3.05) is 4.90 Å². The van der Waals surface area contributed by atoms with Crippen LogP contribution in [0.4, 0.5) is 17.1 Å². The largest absolute Gasteiger partial charge is 0.456 e. The second-order valence-electron chi connectivity index (χ2n) is 14.6. The molecule has 56 heavy (non-hydrogen) atoms. The van der Waals surface area contributed by atoms with Crippen molar-refractivity contribution in [2.45, 2.75) is 0 Å². The van der Waals surface area contributed by atoms with Crippen molar-refractivity contribution in [3.63, 3.8) is 0 Å². The lowest BCUT2D eigenvalue weighted by Gasteiger charge is -2.26. The first-order valence-corrected chi connectivity index (χ1v) is 19.1. The predicted octanol–water partition coefficient (Wildman–Crippen LogP) is 14.4. The number of hydrogen-bond donors (Lipinski definition) is 0. The number of para-hydroxylation sites is 4. The fourth-order valence-electron chi connectivity index (χ4n) is 9.02. The van der Waals surface area contributed by atoms with Gasteiger partial charge >= 0.3 is 0 Å². The second-order valence-corrected chi connectivity index (χ2v) is 14.6. The Morgan fingerprint density at radius 1 is 0.321 bits per heavy atom. The summed E-state index contributed by atoms with van der Waals surface area (Å²) in [6, 6.07) is 72.0. The summed E-state index contributed by atoms with van der Waals surface area (Å²) in [4.78, 5) is 2.35. The normalized spacial score (nSPS) is 11.9. The number of fused-ring (bicyclic) bond motifs is 11. The molecule has 0 atom stereocenters. The molecular formula is C52H33N3O. The van der Waals surface area contributed by atoms with Gasteiger partial charge in [0.25, 0.3) is 0 Å². The van der Waals surface area contributed by atoms with E-state index in [0.717, 1.165) is 50.4 Å². The smallest absolute Gasteiger partial charge is 0.137 e. The molecule has 0 saturated heterocycles. The van der Waals surface area contributed by atoms with Gasteiger partial charge in [-0.15, -0.1) is 0 Å². The Balaban J connectivity index is 1.06. The Kier molecular flexibility index (Phi) is 6.60. The van der Waals surface area contributed by atoms with Gasteiger partial charge in [-0.3, -0.25) is 0 Å². The molecule has 0 amide bonds. The summed E-state index contributed by atoms with van der Waals surface area (Å²) in [7, 11) is 0. The van der Waals surface area contributed by atoms with Crippen molar-refractivity contribution < 1.29 is 4.42 Å². The third kappa shape index (κ3) is 4.53. The molecule has 0 unspecified atom stereocenters. The molecule has 0 aliphatic carbocycles. The van der Waals surface area contributed by atoms with E-state index in [1.807, 2.05) is 12.1 Å². The van der Waals surface area contributed by atoms with Crippen molar-refractivity contribution in [1.82, 2.24) is 9.13 Å². The van der Waals surface area contributed by atoms with Crippen LogP contribution in [0.2, 0.25) is 0 Å². The number of rotatable bonds is 5. The Labute approximate surface area is 322 Å². The van der Waals surface area contributed by atoms with Gasteiger partial charge in [-0.25, -0.2) is 0 Å². The zero-order valence-corrected chi connectivity index (χ0v) is 30.3. The number of aromatic nitrogens is 2. The number of furan rings is 1. The molecule has 0 aliphatic rings. The van der Waals surface area contributed by atoms with Crippen LogP contribution in [-0.2, 0) is 0 Å². The highest BCUT2D eigenvalue weighted by atomic mass is 16.3. The maximum absolute atomic E-state index is 6.44. The minimum Gasteiger partial charge on any atom is -0.456 e. The van der Waals surface area contributed by atoms with E-state index < -0.39 is 0 Å². The first-order chi connectivity index (χ1) is 27.8. The quantitative estimate of drug-likeness (QED) is 0.177. The summed E-state index contributed by atoms with van der Waals surface area (Å²) < 4.78 is 11.2. The highest BCUT2D eigenvalue weighted by Gasteiger charge is 2.20. The molecule has 262 valence electrons. The van der Waals surface area contributed by atoms with Crippen molar-refractivity contribution in [3.8, 4) is 11.4 Å². The minimum absolute atomic E-state index is 0.865. The molecule has 0 bridgehead atoms. The average Bonchev–Trinajstić information content (AvgIpc) is 3.92. The molecule has 0 spiro atoms. The molecule has 12 rings (SSSR count). The Hall–Kier alpha value is -7.56. The van der Waals surface area contributed by atoms with Gasteiger partial charge in [-0.05, 0) is 102 Å². The Morgan fingerprint density at radius 3 is 1.71 bits per heavy atom. The third-order valence-corrected chi connectivity index (χ3v) is 11.5. The van der Waals surface area contributed by atoms with Crippen molar-refractivity contribution in [3.05, 3.63) is 200 Å². The Bertz CT molecular complexity index is 3480.